The second-order valence-corrected chi connectivity index (χ2v) is 4.78. The average Bonchev–Trinajstić information content (AvgIpc) is 2.38. The number of hydrogen-bond acceptors (Lipinski definition) is 4. The Morgan fingerprint density at radius 1 is 1.45 bits per heavy atom. The number of amides is 1. The summed E-state index contributed by atoms with van der Waals surface area (Å²) in [6.45, 7) is 2.46. The molecule has 1 amide bonds. The summed E-state index contributed by atoms with van der Waals surface area (Å²) in [6, 6.07) is 4.16. The maximum Gasteiger partial charge on any atom is 0.321 e. The molecule has 1 aromatic rings. The number of carbonyl (C=O) groups is 2. The number of nitrogens with two attached hydrogens (primary N) is 1. The number of aryl methyl sites for hydroxylation is 1. The van der Waals surface area contributed by atoms with Gasteiger partial charge in [-0.3, -0.25) is 9.59 Å². The minimum Gasteiger partial charge on any atom is -0.480 e. The van der Waals surface area contributed by atoms with E-state index in [0.717, 1.165) is 5.56 Å². The van der Waals surface area contributed by atoms with Crippen LogP contribution in [0.3, 0.4) is 0 Å². The van der Waals surface area contributed by atoms with E-state index in [0.29, 0.717) is 23.8 Å². The fourth-order valence-electron chi connectivity index (χ4n) is 1.62. The Hall–Kier alpha value is -1.63. The summed E-state index contributed by atoms with van der Waals surface area (Å²) in [6.07, 6.45) is -0.179. The number of hydrogen-bond donors (Lipinski definition) is 4. The van der Waals surface area contributed by atoms with E-state index in [2.05, 4.69) is 10.6 Å². The highest BCUT2D eigenvalue weighted by Crippen LogP contribution is 2.20. The zero-order valence-electron chi connectivity index (χ0n) is 11.1. The van der Waals surface area contributed by atoms with E-state index in [-0.39, 0.29) is 6.42 Å². The first-order valence-electron chi connectivity index (χ1n) is 6.16. The summed E-state index contributed by atoms with van der Waals surface area (Å²) in [5.74, 6) is -1.48. The minimum atomic E-state index is -1.09. The molecule has 0 heterocycles. The van der Waals surface area contributed by atoms with Gasteiger partial charge in [-0.15, -0.1) is 0 Å². The van der Waals surface area contributed by atoms with Crippen molar-refractivity contribution in [2.24, 2.45) is 5.73 Å². The first-order chi connectivity index (χ1) is 9.43. The summed E-state index contributed by atoms with van der Waals surface area (Å²) in [7, 11) is 0. The van der Waals surface area contributed by atoms with E-state index >= 15 is 0 Å². The number of aliphatic carboxylic acids is 1. The van der Waals surface area contributed by atoms with Gasteiger partial charge in [-0.05, 0) is 24.6 Å². The first kappa shape index (κ1) is 16.4. The molecule has 1 rings (SSSR count). The monoisotopic (exact) mass is 299 g/mol. The van der Waals surface area contributed by atoms with Crippen molar-refractivity contribution in [3.63, 3.8) is 0 Å². The number of benzene rings is 1. The maximum atomic E-state index is 11.9. The Labute approximate surface area is 122 Å². The maximum absolute atomic E-state index is 11.9. The molecule has 110 valence electrons. The molecule has 7 heteroatoms. The molecular formula is C13H18ClN3O3. The summed E-state index contributed by atoms with van der Waals surface area (Å²) in [4.78, 5) is 22.9. The van der Waals surface area contributed by atoms with E-state index < -0.39 is 17.9 Å². The number of nitrogens with one attached hydrogen (secondary N) is 2. The van der Waals surface area contributed by atoms with Crippen molar-refractivity contribution in [2.75, 3.05) is 18.4 Å². The predicted molar refractivity (Wildman–Crippen MR) is 77.9 cm³/mol. The van der Waals surface area contributed by atoms with Gasteiger partial charge in [-0.2, -0.15) is 0 Å². The molecule has 5 N–H and O–H groups in total. The number of anilines is 1. The van der Waals surface area contributed by atoms with Crippen LogP contribution in [0.25, 0.3) is 0 Å². The van der Waals surface area contributed by atoms with E-state index in [1.807, 2.05) is 6.92 Å². The summed E-state index contributed by atoms with van der Waals surface area (Å²) >= 11 is 5.85. The Morgan fingerprint density at radius 3 is 2.75 bits per heavy atom. The lowest BCUT2D eigenvalue weighted by atomic mass is 10.1. The standard InChI is InChI=1S/C13H18ClN3O3/c1-8-2-3-9(14)6-10(8)17-12(18)7-11(13(19)20)16-5-4-15/h2-3,6,11,16H,4-5,7,15H2,1H3,(H,17,18)(H,19,20). The largest absolute Gasteiger partial charge is 0.480 e. The SMILES string of the molecule is Cc1ccc(Cl)cc1NC(=O)CC(NCCN)C(=O)O. The summed E-state index contributed by atoms with van der Waals surface area (Å²) in [5.41, 5.74) is 6.72. The van der Waals surface area contributed by atoms with Gasteiger partial charge in [0.15, 0.2) is 0 Å². The summed E-state index contributed by atoms with van der Waals surface area (Å²) < 4.78 is 0. The van der Waals surface area contributed by atoms with Crippen molar-refractivity contribution in [2.45, 2.75) is 19.4 Å². The van der Waals surface area contributed by atoms with Crippen molar-refractivity contribution >= 4 is 29.2 Å². The summed E-state index contributed by atoms with van der Waals surface area (Å²) in [5, 5.41) is 14.9. The lowest BCUT2D eigenvalue weighted by Gasteiger charge is -2.14. The molecule has 0 aliphatic carbocycles. The Morgan fingerprint density at radius 2 is 2.15 bits per heavy atom. The van der Waals surface area contributed by atoms with Gasteiger partial charge in [-0.1, -0.05) is 17.7 Å². The molecule has 0 aromatic heterocycles. The molecule has 20 heavy (non-hydrogen) atoms. The molecule has 0 bridgehead atoms. The zero-order chi connectivity index (χ0) is 15.1. The van der Waals surface area contributed by atoms with Gasteiger partial charge in [0.2, 0.25) is 5.91 Å². The smallest absolute Gasteiger partial charge is 0.321 e. The van der Waals surface area contributed by atoms with Crippen LogP contribution >= 0.6 is 11.6 Å². The quantitative estimate of drug-likeness (QED) is 0.601. The van der Waals surface area contributed by atoms with E-state index in [4.69, 9.17) is 22.4 Å². The van der Waals surface area contributed by atoms with E-state index in [1.54, 1.807) is 18.2 Å². The van der Waals surface area contributed by atoms with Crippen LogP contribution in [-0.2, 0) is 9.59 Å². The fraction of sp³-hybridized carbons (Fsp3) is 0.385. The molecule has 0 aliphatic rings. The Bertz CT molecular complexity index is 494. The number of halogens is 1. The molecule has 0 aliphatic heterocycles. The van der Waals surface area contributed by atoms with Crippen molar-refractivity contribution in [1.82, 2.24) is 5.32 Å². The van der Waals surface area contributed by atoms with E-state index in [1.165, 1.54) is 0 Å². The van der Waals surface area contributed by atoms with E-state index in [9.17, 15) is 9.59 Å². The number of carbonyl (C=O) groups excluding carboxylic acids is 1. The van der Waals surface area contributed by atoms with Crippen molar-refractivity contribution < 1.29 is 14.7 Å². The third-order valence-corrected chi connectivity index (χ3v) is 2.93. The topological polar surface area (TPSA) is 104 Å². The van der Waals surface area contributed by atoms with Crippen LogP contribution in [-0.4, -0.2) is 36.1 Å². The normalized spacial score (nSPS) is 11.9. The van der Waals surface area contributed by atoms with Crippen LogP contribution in [0.5, 0.6) is 0 Å². The second-order valence-electron chi connectivity index (χ2n) is 4.35. The van der Waals surface area contributed by atoms with Gasteiger partial charge in [0.25, 0.3) is 0 Å². The van der Waals surface area contributed by atoms with Crippen molar-refractivity contribution in [3.05, 3.63) is 28.8 Å². The first-order valence-corrected chi connectivity index (χ1v) is 6.54. The molecule has 0 saturated heterocycles. The average molecular weight is 300 g/mol. The van der Waals surface area contributed by atoms with Gasteiger partial charge < -0.3 is 21.5 Å². The third-order valence-electron chi connectivity index (χ3n) is 2.70. The van der Waals surface area contributed by atoms with Crippen LogP contribution in [0.4, 0.5) is 5.69 Å². The number of carboxylic acid groups (broad SMARTS) is 1. The molecule has 1 aromatic carbocycles. The Kier molecular flexibility index (Phi) is 6.44. The van der Waals surface area contributed by atoms with Gasteiger partial charge in [0.1, 0.15) is 6.04 Å². The molecule has 1 atom stereocenters. The van der Waals surface area contributed by atoms with Gasteiger partial charge in [0, 0.05) is 23.8 Å². The van der Waals surface area contributed by atoms with Gasteiger partial charge in [0.05, 0.1) is 6.42 Å². The van der Waals surface area contributed by atoms with Crippen LogP contribution in [0.1, 0.15) is 12.0 Å². The minimum absolute atomic E-state index is 0.179. The second kappa shape index (κ2) is 7.84. The van der Waals surface area contributed by atoms with Gasteiger partial charge >= 0.3 is 5.97 Å². The van der Waals surface area contributed by atoms with Gasteiger partial charge in [-0.25, -0.2) is 0 Å². The zero-order valence-corrected chi connectivity index (χ0v) is 11.9. The molecule has 0 spiro atoms. The van der Waals surface area contributed by atoms with Crippen molar-refractivity contribution in [1.29, 1.82) is 0 Å². The van der Waals surface area contributed by atoms with Crippen LogP contribution in [0, 0.1) is 6.92 Å². The predicted octanol–water partition coefficient (Wildman–Crippen LogP) is 0.979. The molecule has 1 unspecified atom stereocenters. The van der Waals surface area contributed by atoms with Crippen LogP contribution in [0.2, 0.25) is 5.02 Å². The third kappa shape index (κ3) is 5.16. The highest BCUT2D eigenvalue weighted by Gasteiger charge is 2.20. The number of rotatable bonds is 7. The fourth-order valence-corrected chi connectivity index (χ4v) is 1.79. The molecule has 6 nitrogen and oxygen atoms in total. The molecular weight excluding hydrogens is 282 g/mol. The highest BCUT2D eigenvalue weighted by atomic mass is 35.5. The lowest BCUT2D eigenvalue weighted by Crippen LogP contribution is -2.41. The van der Waals surface area contributed by atoms with Crippen LogP contribution in [0.15, 0.2) is 18.2 Å². The number of carboxylic acids is 1. The molecule has 0 saturated carbocycles. The lowest BCUT2D eigenvalue weighted by molar-refractivity contribution is -0.141. The molecule has 0 fully saturated rings. The van der Waals surface area contributed by atoms with Crippen molar-refractivity contribution in [3.8, 4) is 0 Å². The molecule has 0 radical (unpaired) electrons. The van der Waals surface area contributed by atoms with Crippen LogP contribution < -0.4 is 16.4 Å². The Balaban J connectivity index is 2.65. The highest BCUT2D eigenvalue weighted by molar-refractivity contribution is 6.31.